The Morgan fingerprint density at radius 3 is 3.00 bits per heavy atom. The van der Waals surface area contributed by atoms with Crippen molar-refractivity contribution in [2.24, 2.45) is 0 Å². The summed E-state index contributed by atoms with van der Waals surface area (Å²) in [5.41, 5.74) is 2.13. The number of anilines is 2. The van der Waals surface area contributed by atoms with E-state index in [1.54, 1.807) is 0 Å². The average molecular weight is 249 g/mol. The smallest absolute Gasteiger partial charge is 0.0774 e. The summed E-state index contributed by atoms with van der Waals surface area (Å²) in [4.78, 5) is 4.25. The first-order chi connectivity index (χ1) is 8.79. The summed E-state index contributed by atoms with van der Waals surface area (Å²) >= 11 is 0. The van der Waals surface area contributed by atoms with E-state index in [-0.39, 0.29) is 0 Å². The maximum atomic E-state index is 5.68. The lowest BCUT2D eigenvalue weighted by atomic mass is 10.1. The van der Waals surface area contributed by atoms with Crippen LogP contribution in [0.5, 0.6) is 0 Å². The van der Waals surface area contributed by atoms with Gasteiger partial charge < -0.3 is 15.4 Å². The monoisotopic (exact) mass is 249 g/mol. The van der Waals surface area contributed by atoms with Gasteiger partial charge in [0, 0.05) is 19.2 Å². The van der Waals surface area contributed by atoms with Crippen molar-refractivity contribution in [3.63, 3.8) is 0 Å². The van der Waals surface area contributed by atoms with Gasteiger partial charge in [0.1, 0.15) is 0 Å². The number of pyridine rings is 1. The second kappa shape index (κ2) is 6.59. The van der Waals surface area contributed by atoms with E-state index in [0.717, 1.165) is 37.4 Å². The van der Waals surface area contributed by atoms with Gasteiger partial charge in [0.05, 0.1) is 29.9 Å². The predicted octanol–water partition coefficient (Wildman–Crippen LogP) is 2.88. The Hall–Kier alpha value is -1.29. The molecule has 2 N–H and O–H groups in total. The van der Waals surface area contributed by atoms with Crippen LogP contribution in [0, 0.1) is 0 Å². The summed E-state index contributed by atoms with van der Waals surface area (Å²) in [5.74, 6) is 0. The van der Waals surface area contributed by atoms with Gasteiger partial charge >= 0.3 is 0 Å². The molecule has 2 heterocycles. The van der Waals surface area contributed by atoms with Crippen LogP contribution in [0.2, 0.25) is 0 Å². The zero-order valence-corrected chi connectivity index (χ0v) is 11.3. The minimum Gasteiger partial charge on any atom is -0.384 e. The highest BCUT2D eigenvalue weighted by atomic mass is 16.5. The fourth-order valence-corrected chi connectivity index (χ4v) is 2.24. The molecule has 0 radical (unpaired) electrons. The number of hydrogen-bond acceptors (Lipinski definition) is 4. The first-order valence-corrected chi connectivity index (χ1v) is 6.86. The van der Waals surface area contributed by atoms with Crippen molar-refractivity contribution in [2.75, 3.05) is 23.8 Å². The molecule has 2 atom stereocenters. The van der Waals surface area contributed by atoms with Gasteiger partial charge in [-0.2, -0.15) is 0 Å². The first-order valence-electron chi connectivity index (χ1n) is 6.86. The Kier molecular flexibility index (Phi) is 4.81. The van der Waals surface area contributed by atoms with Crippen LogP contribution in [-0.4, -0.2) is 30.3 Å². The van der Waals surface area contributed by atoms with Gasteiger partial charge in [0.2, 0.25) is 0 Å². The van der Waals surface area contributed by atoms with Gasteiger partial charge in [-0.3, -0.25) is 4.98 Å². The molecule has 4 heteroatoms. The third kappa shape index (κ3) is 3.60. The van der Waals surface area contributed by atoms with E-state index in [4.69, 9.17) is 4.74 Å². The fourth-order valence-electron chi connectivity index (χ4n) is 2.24. The highest BCUT2D eigenvalue weighted by Gasteiger charge is 2.22. The third-order valence-corrected chi connectivity index (χ3v) is 3.23. The summed E-state index contributed by atoms with van der Waals surface area (Å²) in [7, 11) is 0. The van der Waals surface area contributed by atoms with E-state index >= 15 is 0 Å². The van der Waals surface area contributed by atoms with Gasteiger partial charge in [-0.25, -0.2) is 0 Å². The Morgan fingerprint density at radius 2 is 2.28 bits per heavy atom. The molecule has 1 aromatic rings. The van der Waals surface area contributed by atoms with E-state index in [1.807, 2.05) is 12.4 Å². The minimum atomic E-state index is 0.329. The van der Waals surface area contributed by atoms with Crippen LogP contribution in [0.4, 0.5) is 11.4 Å². The maximum Gasteiger partial charge on any atom is 0.0774 e. The van der Waals surface area contributed by atoms with E-state index in [2.05, 4.69) is 35.5 Å². The fraction of sp³-hybridized carbons (Fsp3) is 0.643. The van der Waals surface area contributed by atoms with E-state index < -0.39 is 0 Å². The van der Waals surface area contributed by atoms with Crippen LogP contribution in [0.1, 0.15) is 33.1 Å². The molecule has 18 heavy (non-hydrogen) atoms. The van der Waals surface area contributed by atoms with Crippen LogP contribution in [0.3, 0.4) is 0 Å². The van der Waals surface area contributed by atoms with Crippen molar-refractivity contribution in [3.05, 3.63) is 18.5 Å². The quantitative estimate of drug-likeness (QED) is 0.814. The number of nitrogens with zero attached hydrogens (tertiary/aromatic N) is 1. The molecule has 0 aliphatic carbocycles. The molecule has 1 fully saturated rings. The zero-order valence-electron chi connectivity index (χ0n) is 11.3. The molecule has 0 aromatic carbocycles. The number of ether oxygens (including phenoxy) is 1. The van der Waals surface area contributed by atoms with Crippen LogP contribution >= 0.6 is 0 Å². The molecule has 0 spiro atoms. The number of nitrogens with one attached hydrogen (secondary N) is 2. The van der Waals surface area contributed by atoms with Gasteiger partial charge in [-0.15, -0.1) is 0 Å². The molecular formula is C14H23N3O. The number of hydrogen-bond donors (Lipinski definition) is 2. The SMILES string of the molecule is CCCNc1cncc(NC(C)C2CCCO2)c1. The van der Waals surface area contributed by atoms with Crippen LogP contribution < -0.4 is 10.6 Å². The molecule has 100 valence electrons. The molecule has 0 amide bonds. The van der Waals surface area contributed by atoms with Crippen molar-refractivity contribution < 1.29 is 4.74 Å². The lowest BCUT2D eigenvalue weighted by Crippen LogP contribution is -2.30. The topological polar surface area (TPSA) is 46.2 Å². The largest absolute Gasteiger partial charge is 0.384 e. The number of rotatable bonds is 6. The molecule has 2 rings (SSSR count). The van der Waals surface area contributed by atoms with Crippen molar-refractivity contribution in [1.29, 1.82) is 0 Å². The molecular weight excluding hydrogens is 226 g/mol. The molecule has 2 unspecified atom stereocenters. The lowest BCUT2D eigenvalue weighted by Gasteiger charge is -2.21. The van der Waals surface area contributed by atoms with Crippen LogP contribution in [0.25, 0.3) is 0 Å². The Bertz CT molecular complexity index is 364. The molecule has 0 saturated carbocycles. The molecule has 1 aromatic heterocycles. The summed E-state index contributed by atoms with van der Waals surface area (Å²) in [6, 6.07) is 2.43. The highest BCUT2D eigenvalue weighted by molar-refractivity contribution is 5.54. The summed E-state index contributed by atoms with van der Waals surface area (Å²) < 4.78 is 5.68. The molecule has 1 aliphatic heterocycles. The van der Waals surface area contributed by atoms with E-state index in [9.17, 15) is 0 Å². The lowest BCUT2D eigenvalue weighted by molar-refractivity contribution is 0.0996. The van der Waals surface area contributed by atoms with E-state index in [0.29, 0.717) is 12.1 Å². The normalized spacial score (nSPS) is 20.7. The molecule has 1 aliphatic rings. The predicted molar refractivity (Wildman–Crippen MR) is 75.1 cm³/mol. The average Bonchev–Trinajstić information content (AvgIpc) is 2.91. The second-order valence-corrected chi connectivity index (χ2v) is 4.87. The van der Waals surface area contributed by atoms with Gasteiger partial charge in [-0.1, -0.05) is 6.92 Å². The third-order valence-electron chi connectivity index (χ3n) is 3.23. The van der Waals surface area contributed by atoms with Gasteiger partial charge in [-0.05, 0) is 32.3 Å². The second-order valence-electron chi connectivity index (χ2n) is 4.87. The van der Waals surface area contributed by atoms with Gasteiger partial charge in [0.15, 0.2) is 0 Å². The standard InChI is InChI=1S/C14H23N3O/c1-3-6-16-12-8-13(10-15-9-12)17-11(2)14-5-4-7-18-14/h8-11,14,16-17H,3-7H2,1-2H3. The zero-order chi connectivity index (χ0) is 12.8. The Balaban J connectivity index is 1.91. The maximum absolute atomic E-state index is 5.68. The Morgan fingerprint density at radius 1 is 1.44 bits per heavy atom. The van der Waals surface area contributed by atoms with E-state index in [1.165, 1.54) is 6.42 Å². The molecule has 0 bridgehead atoms. The van der Waals surface area contributed by atoms with Crippen molar-refractivity contribution in [3.8, 4) is 0 Å². The van der Waals surface area contributed by atoms with Crippen LogP contribution in [-0.2, 0) is 4.74 Å². The van der Waals surface area contributed by atoms with Crippen molar-refractivity contribution in [2.45, 2.75) is 45.3 Å². The minimum absolute atomic E-state index is 0.329. The molecule has 4 nitrogen and oxygen atoms in total. The highest BCUT2D eigenvalue weighted by Crippen LogP contribution is 2.20. The van der Waals surface area contributed by atoms with Crippen LogP contribution in [0.15, 0.2) is 18.5 Å². The molecule has 1 saturated heterocycles. The van der Waals surface area contributed by atoms with Crippen molar-refractivity contribution in [1.82, 2.24) is 4.98 Å². The van der Waals surface area contributed by atoms with Gasteiger partial charge in [0.25, 0.3) is 0 Å². The first kappa shape index (κ1) is 13.1. The summed E-state index contributed by atoms with van der Waals surface area (Å²) in [6.07, 6.45) is 7.49. The summed E-state index contributed by atoms with van der Waals surface area (Å²) in [6.45, 7) is 6.20. The summed E-state index contributed by atoms with van der Waals surface area (Å²) in [5, 5.41) is 6.82. The van der Waals surface area contributed by atoms with Crippen molar-refractivity contribution >= 4 is 11.4 Å². The Labute approximate surface area is 109 Å². The number of aromatic nitrogens is 1.